The van der Waals surface area contributed by atoms with E-state index in [2.05, 4.69) is 18.7 Å². The van der Waals surface area contributed by atoms with Crippen LogP contribution >= 0.6 is 0 Å². The zero-order valence-corrected chi connectivity index (χ0v) is 11.4. The van der Waals surface area contributed by atoms with Gasteiger partial charge in [-0.05, 0) is 38.8 Å². The fourth-order valence-electron chi connectivity index (χ4n) is 2.04. The van der Waals surface area contributed by atoms with E-state index in [4.69, 9.17) is 0 Å². The summed E-state index contributed by atoms with van der Waals surface area (Å²) in [4.78, 5) is 2.70. The van der Waals surface area contributed by atoms with E-state index in [0.717, 1.165) is 6.04 Å². The molecule has 15 heavy (non-hydrogen) atoms. The van der Waals surface area contributed by atoms with Crippen LogP contribution in [0, 0.1) is 0 Å². The fraction of sp³-hybridized carbons (Fsp3) is 1.00. The second kappa shape index (κ2) is 10.5. The molecule has 0 amide bonds. The smallest absolute Gasteiger partial charge is 0.00952 e. The molecule has 0 radical (unpaired) electrons. The van der Waals surface area contributed by atoms with Crippen LogP contribution in [0.3, 0.4) is 0 Å². The van der Waals surface area contributed by atoms with Crippen LogP contribution in [-0.2, 0) is 0 Å². The Morgan fingerprint density at radius 1 is 0.867 bits per heavy atom. The van der Waals surface area contributed by atoms with Crippen molar-refractivity contribution in [3.63, 3.8) is 0 Å². The van der Waals surface area contributed by atoms with Gasteiger partial charge in [0.15, 0.2) is 0 Å². The summed E-state index contributed by atoms with van der Waals surface area (Å²) in [6, 6.07) is 1.00. The van der Waals surface area contributed by atoms with Crippen molar-refractivity contribution in [3.8, 4) is 0 Å². The molecule has 0 N–H and O–H groups in total. The normalized spacial score (nSPS) is 21.6. The minimum Gasteiger partial charge on any atom is -0.300 e. The molecule has 0 bridgehead atoms. The molecule has 0 unspecified atom stereocenters. The molecule has 0 aromatic rings. The Morgan fingerprint density at radius 3 is 1.67 bits per heavy atom. The van der Waals surface area contributed by atoms with Gasteiger partial charge in [0.25, 0.3) is 0 Å². The average Bonchev–Trinajstić information content (AvgIpc) is 2.21. The number of likely N-dealkylation sites (tertiary alicyclic amines) is 1. The Bertz CT molecular complexity index is 113. The second-order valence-electron chi connectivity index (χ2n) is 4.39. The van der Waals surface area contributed by atoms with Gasteiger partial charge in [-0.15, -0.1) is 0 Å². The highest BCUT2D eigenvalue weighted by Crippen LogP contribution is 2.26. The first-order valence-corrected chi connectivity index (χ1v) is 7.12. The summed E-state index contributed by atoms with van der Waals surface area (Å²) in [7, 11) is 0. The summed E-state index contributed by atoms with van der Waals surface area (Å²) < 4.78 is 0. The van der Waals surface area contributed by atoms with E-state index in [1.54, 1.807) is 0 Å². The Labute approximate surface area is 97.2 Å². The molecule has 0 atom stereocenters. The lowest BCUT2D eigenvalue weighted by Gasteiger charge is -2.39. The third kappa shape index (κ3) is 6.19. The molecule has 1 aliphatic carbocycles. The van der Waals surface area contributed by atoms with Gasteiger partial charge in [0, 0.05) is 6.04 Å². The highest BCUT2D eigenvalue weighted by atomic mass is 15.2. The highest BCUT2D eigenvalue weighted by Gasteiger charge is 2.25. The third-order valence-corrected chi connectivity index (χ3v) is 2.98. The van der Waals surface area contributed by atoms with Crippen LogP contribution in [-0.4, -0.2) is 24.0 Å². The predicted molar refractivity (Wildman–Crippen MR) is 70.4 cm³/mol. The molecule has 2 aliphatic rings. The van der Waals surface area contributed by atoms with E-state index in [-0.39, 0.29) is 0 Å². The van der Waals surface area contributed by atoms with Crippen molar-refractivity contribution in [1.29, 1.82) is 0 Å². The minimum atomic E-state index is 1.00. The van der Waals surface area contributed by atoms with Crippen molar-refractivity contribution < 1.29 is 0 Å². The lowest BCUT2D eigenvalue weighted by molar-refractivity contribution is 0.105. The summed E-state index contributed by atoms with van der Waals surface area (Å²) in [5.74, 6) is 0. The van der Waals surface area contributed by atoms with Crippen LogP contribution in [0.1, 0.15) is 72.6 Å². The maximum Gasteiger partial charge on any atom is 0.00952 e. The maximum atomic E-state index is 2.70. The van der Waals surface area contributed by atoms with E-state index >= 15 is 0 Å². The summed E-state index contributed by atoms with van der Waals surface area (Å²) in [6.07, 6.45) is 10.1. The summed E-state index contributed by atoms with van der Waals surface area (Å²) >= 11 is 0. The number of hydrogen-bond donors (Lipinski definition) is 0. The summed E-state index contributed by atoms with van der Waals surface area (Å²) in [6.45, 7) is 11.0. The first-order chi connectivity index (χ1) is 7.38. The van der Waals surface area contributed by atoms with Crippen molar-refractivity contribution in [2.45, 2.75) is 78.7 Å². The van der Waals surface area contributed by atoms with Gasteiger partial charge < -0.3 is 4.90 Å². The van der Waals surface area contributed by atoms with E-state index < -0.39 is 0 Å². The second-order valence-corrected chi connectivity index (χ2v) is 4.39. The van der Waals surface area contributed by atoms with Crippen molar-refractivity contribution >= 4 is 0 Å². The molecule has 92 valence electrons. The first-order valence-electron chi connectivity index (χ1n) is 7.12. The molecular formula is C14H31N. The van der Waals surface area contributed by atoms with Gasteiger partial charge in [0.05, 0.1) is 0 Å². The van der Waals surface area contributed by atoms with Gasteiger partial charge in [-0.1, -0.05) is 47.0 Å². The molecule has 1 saturated heterocycles. The summed E-state index contributed by atoms with van der Waals surface area (Å²) in [5.41, 5.74) is 0. The Kier molecular flexibility index (Phi) is 10.4. The van der Waals surface area contributed by atoms with Crippen LogP contribution in [0.4, 0.5) is 0 Å². The molecule has 0 spiro atoms. The SMILES string of the molecule is C1CCN(C2CCC2)CC1.CC.CCC. The largest absolute Gasteiger partial charge is 0.300 e. The number of rotatable bonds is 1. The predicted octanol–water partition coefficient (Wildman–Crippen LogP) is 4.47. The highest BCUT2D eigenvalue weighted by molar-refractivity contribution is 4.81. The number of nitrogens with zero attached hydrogens (tertiary/aromatic N) is 1. The molecular weight excluding hydrogens is 182 g/mol. The Morgan fingerprint density at radius 2 is 1.33 bits per heavy atom. The monoisotopic (exact) mass is 213 g/mol. The van der Waals surface area contributed by atoms with Crippen molar-refractivity contribution in [1.82, 2.24) is 4.90 Å². The first kappa shape index (κ1) is 15.0. The number of piperidine rings is 1. The topological polar surface area (TPSA) is 3.24 Å². The van der Waals surface area contributed by atoms with E-state index in [1.165, 1.54) is 58.0 Å². The van der Waals surface area contributed by atoms with Crippen LogP contribution in [0.15, 0.2) is 0 Å². The molecule has 1 saturated carbocycles. The maximum absolute atomic E-state index is 2.70. The van der Waals surface area contributed by atoms with Crippen molar-refractivity contribution in [2.75, 3.05) is 13.1 Å². The molecule has 1 heterocycles. The molecule has 1 heteroatoms. The van der Waals surface area contributed by atoms with E-state index in [1.807, 2.05) is 13.8 Å². The molecule has 2 fully saturated rings. The quantitative estimate of drug-likeness (QED) is 0.621. The molecule has 0 aromatic heterocycles. The zero-order chi connectivity index (χ0) is 11.5. The molecule has 1 nitrogen and oxygen atoms in total. The van der Waals surface area contributed by atoms with Crippen molar-refractivity contribution in [2.24, 2.45) is 0 Å². The molecule has 1 aliphatic heterocycles. The van der Waals surface area contributed by atoms with Gasteiger partial charge in [0.2, 0.25) is 0 Å². The fourth-order valence-corrected chi connectivity index (χ4v) is 2.04. The molecule has 2 rings (SSSR count). The van der Waals surface area contributed by atoms with Crippen molar-refractivity contribution in [3.05, 3.63) is 0 Å². The minimum absolute atomic E-state index is 1.00. The van der Waals surface area contributed by atoms with E-state index in [0.29, 0.717) is 0 Å². The standard InChI is InChI=1S/C9H17N.C3H8.C2H6/c1-2-7-10(8-3-1)9-5-4-6-9;1-3-2;1-2/h9H,1-8H2;3H2,1-2H3;1-2H3. The molecule has 0 aromatic carbocycles. The van der Waals surface area contributed by atoms with Crippen LogP contribution < -0.4 is 0 Å². The Hall–Kier alpha value is -0.0400. The number of hydrogen-bond acceptors (Lipinski definition) is 1. The van der Waals surface area contributed by atoms with Crippen LogP contribution in [0.2, 0.25) is 0 Å². The third-order valence-electron chi connectivity index (χ3n) is 2.98. The summed E-state index contributed by atoms with van der Waals surface area (Å²) in [5, 5.41) is 0. The average molecular weight is 213 g/mol. The van der Waals surface area contributed by atoms with Gasteiger partial charge in [-0.2, -0.15) is 0 Å². The van der Waals surface area contributed by atoms with Gasteiger partial charge in [0.1, 0.15) is 0 Å². The van der Waals surface area contributed by atoms with Gasteiger partial charge in [-0.3, -0.25) is 0 Å². The van der Waals surface area contributed by atoms with Crippen LogP contribution in [0.5, 0.6) is 0 Å². The zero-order valence-electron chi connectivity index (χ0n) is 11.4. The lowest BCUT2D eigenvalue weighted by Crippen LogP contribution is -2.42. The van der Waals surface area contributed by atoms with Crippen LogP contribution in [0.25, 0.3) is 0 Å². The van der Waals surface area contributed by atoms with Gasteiger partial charge in [-0.25, -0.2) is 0 Å². The lowest BCUT2D eigenvalue weighted by atomic mass is 9.90. The van der Waals surface area contributed by atoms with E-state index in [9.17, 15) is 0 Å². The Balaban J connectivity index is 0.000000342. The van der Waals surface area contributed by atoms with Gasteiger partial charge >= 0.3 is 0 Å².